The van der Waals surface area contributed by atoms with Crippen molar-refractivity contribution in [2.24, 2.45) is 17.8 Å². The average Bonchev–Trinajstić information content (AvgIpc) is 3.10. The zero-order valence-electron chi connectivity index (χ0n) is 20.1. The molecular formula is C28H32N2O5. The number of imide groups is 1. The molecule has 0 bridgehead atoms. The summed E-state index contributed by atoms with van der Waals surface area (Å²) >= 11 is 0. The van der Waals surface area contributed by atoms with Gasteiger partial charge in [0.2, 0.25) is 11.8 Å². The summed E-state index contributed by atoms with van der Waals surface area (Å²) in [6.07, 6.45) is 4.82. The fourth-order valence-electron chi connectivity index (χ4n) is 5.50. The third-order valence-electron chi connectivity index (χ3n) is 7.30. The number of carbonyl (C=O) groups excluding carboxylic acids is 2. The molecule has 0 unspecified atom stereocenters. The normalized spacial score (nSPS) is 23.6. The highest BCUT2D eigenvalue weighted by Crippen LogP contribution is 2.46. The summed E-state index contributed by atoms with van der Waals surface area (Å²) in [5.41, 5.74) is 4.28. The molecule has 0 spiro atoms. The van der Waals surface area contributed by atoms with Gasteiger partial charge in [-0.3, -0.25) is 19.5 Å². The second-order valence-corrected chi connectivity index (χ2v) is 9.30. The number of pyridine rings is 1. The number of hydrogen-bond donors (Lipinski definition) is 3. The number of aromatic hydroxyl groups is 1. The topological polar surface area (TPSA) is 111 Å². The van der Waals surface area contributed by atoms with Crippen LogP contribution in [-0.4, -0.2) is 56.8 Å². The van der Waals surface area contributed by atoms with Crippen molar-refractivity contribution in [2.75, 3.05) is 13.7 Å². The van der Waals surface area contributed by atoms with Crippen LogP contribution in [0.15, 0.2) is 59.8 Å². The van der Waals surface area contributed by atoms with Gasteiger partial charge in [0.1, 0.15) is 5.75 Å². The number of nitrogens with zero attached hydrogens (tertiary/aromatic N) is 2. The Labute approximate surface area is 205 Å². The Balaban J connectivity index is 1.61. The van der Waals surface area contributed by atoms with Gasteiger partial charge in [-0.25, -0.2) is 0 Å². The molecule has 1 aliphatic carbocycles. The van der Waals surface area contributed by atoms with Gasteiger partial charge in [-0.1, -0.05) is 30.7 Å². The van der Waals surface area contributed by atoms with Crippen molar-refractivity contribution in [3.8, 4) is 5.75 Å². The molecular weight excluding hydrogens is 444 g/mol. The number of aliphatic hydroxyl groups excluding tert-OH is 2. The van der Waals surface area contributed by atoms with Crippen LogP contribution in [0.4, 0.5) is 0 Å². The van der Waals surface area contributed by atoms with Gasteiger partial charge in [0.25, 0.3) is 0 Å². The van der Waals surface area contributed by atoms with Gasteiger partial charge >= 0.3 is 0 Å². The minimum absolute atomic E-state index is 0.187. The maximum Gasteiger partial charge on any atom is 0.233 e. The number of allylic oxidation sites excluding steroid dienone is 2. The molecule has 1 fully saturated rings. The lowest BCUT2D eigenvalue weighted by Crippen LogP contribution is -2.38. The fourth-order valence-corrected chi connectivity index (χ4v) is 5.50. The van der Waals surface area contributed by atoms with Gasteiger partial charge in [-0.05, 0) is 72.7 Å². The van der Waals surface area contributed by atoms with Crippen molar-refractivity contribution < 1.29 is 24.9 Å². The largest absolute Gasteiger partial charge is 0.508 e. The minimum Gasteiger partial charge on any atom is -0.508 e. The maximum atomic E-state index is 12.8. The first-order valence-electron chi connectivity index (χ1n) is 12.1. The summed E-state index contributed by atoms with van der Waals surface area (Å²) in [5, 5.41) is 31.2. The Hall–Kier alpha value is -3.29. The van der Waals surface area contributed by atoms with Crippen LogP contribution >= 0.6 is 0 Å². The SMILES string of the molecule is CCC1=C([C@H](O)CC/C(=C/c2ccc(O)cc2)c2ccccn2)[C@H](CO)[C@@H]2C(=O)N(C)C(=O)[C@@H]2C1. The number of rotatable bonds is 8. The lowest BCUT2D eigenvalue weighted by atomic mass is 9.67. The molecule has 7 nitrogen and oxygen atoms in total. The van der Waals surface area contributed by atoms with Crippen LogP contribution < -0.4 is 0 Å². The Bertz CT molecular complexity index is 1140. The van der Waals surface area contributed by atoms with Gasteiger partial charge in [-0.15, -0.1) is 0 Å². The third kappa shape index (κ3) is 4.92. The lowest BCUT2D eigenvalue weighted by Gasteiger charge is -2.36. The monoisotopic (exact) mass is 476 g/mol. The Morgan fingerprint density at radius 3 is 2.54 bits per heavy atom. The molecule has 0 saturated carbocycles. The maximum absolute atomic E-state index is 12.8. The average molecular weight is 477 g/mol. The number of phenols is 1. The van der Waals surface area contributed by atoms with Crippen LogP contribution in [0.1, 0.15) is 43.9 Å². The summed E-state index contributed by atoms with van der Waals surface area (Å²) in [4.78, 5) is 31.1. The lowest BCUT2D eigenvalue weighted by molar-refractivity contribution is -0.138. The van der Waals surface area contributed by atoms with E-state index in [1.807, 2.05) is 43.3 Å². The molecule has 4 atom stereocenters. The van der Waals surface area contributed by atoms with E-state index in [-0.39, 0.29) is 24.2 Å². The second kappa shape index (κ2) is 10.5. The highest BCUT2D eigenvalue weighted by atomic mass is 16.3. The van der Waals surface area contributed by atoms with Crippen LogP contribution in [0, 0.1) is 17.8 Å². The Kier molecular flexibility index (Phi) is 7.48. The number of amides is 2. The number of likely N-dealkylation sites (tertiary alicyclic amines) is 1. The molecule has 2 heterocycles. The molecule has 35 heavy (non-hydrogen) atoms. The number of hydrogen-bond acceptors (Lipinski definition) is 6. The molecule has 7 heteroatoms. The molecule has 1 aromatic carbocycles. The van der Waals surface area contributed by atoms with E-state index in [0.717, 1.165) is 22.4 Å². The Morgan fingerprint density at radius 1 is 1.17 bits per heavy atom. The molecule has 2 amide bonds. The quantitative estimate of drug-likeness (QED) is 0.398. The summed E-state index contributed by atoms with van der Waals surface area (Å²) in [6, 6.07) is 12.5. The van der Waals surface area contributed by atoms with Crippen LogP contribution in [0.25, 0.3) is 11.6 Å². The molecule has 0 radical (unpaired) electrons. The van der Waals surface area contributed by atoms with E-state index in [0.29, 0.717) is 31.3 Å². The highest BCUT2D eigenvalue weighted by Gasteiger charge is 2.53. The molecule has 4 rings (SSSR count). The smallest absolute Gasteiger partial charge is 0.233 e. The van der Waals surface area contributed by atoms with Gasteiger partial charge in [-0.2, -0.15) is 0 Å². The summed E-state index contributed by atoms with van der Waals surface area (Å²) in [7, 11) is 1.49. The van der Waals surface area contributed by atoms with Gasteiger partial charge in [0, 0.05) is 19.2 Å². The zero-order chi connectivity index (χ0) is 25.1. The standard InChI is InChI=1S/C28H32N2O5/c1-3-18-15-21-26(28(35)30(2)27(21)34)22(16-31)25(18)24(33)12-9-19(23-6-4-5-13-29-23)14-17-7-10-20(32)11-8-17/h4-8,10-11,13-14,21-22,24,26,31-33H,3,9,12,15-16H2,1-2H3/b19-14-/t21-,22+,24-,26-/m1/s1. The minimum atomic E-state index is -0.858. The van der Waals surface area contributed by atoms with Crippen molar-refractivity contribution >= 4 is 23.5 Å². The van der Waals surface area contributed by atoms with Crippen LogP contribution in [0.5, 0.6) is 5.75 Å². The fraction of sp³-hybridized carbons (Fsp3) is 0.393. The van der Waals surface area contributed by atoms with E-state index in [1.54, 1.807) is 18.3 Å². The predicted molar refractivity (Wildman–Crippen MR) is 133 cm³/mol. The van der Waals surface area contributed by atoms with Crippen LogP contribution in [0.3, 0.4) is 0 Å². The molecule has 184 valence electrons. The number of fused-ring (bicyclic) bond motifs is 1. The van der Waals surface area contributed by atoms with Crippen molar-refractivity contribution in [3.05, 3.63) is 71.1 Å². The third-order valence-corrected chi connectivity index (χ3v) is 7.30. The first-order chi connectivity index (χ1) is 16.8. The van der Waals surface area contributed by atoms with Crippen LogP contribution in [-0.2, 0) is 9.59 Å². The number of carbonyl (C=O) groups is 2. The highest BCUT2D eigenvalue weighted by molar-refractivity contribution is 6.05. The van der Waals surface area contributed by atoms with E-state index < -0.39 is 23.9 Å². The first-order valence-corrected chi connectivity index (χ1v) is 12.1. The Morgan fingerprint density at radius 2 is 1.91 bits per heavy atom. The molecule has 3 N–H and O–H groups in total. The van der Waals surface area contributed by atoms with E-state index in [4.69, 9.17) is 0 Å². The van der Waals surface area contributed by atoms with Crippen molar-refractivity contribution in [3.63, 3.8) is 0 Å². The number of phenolic OH excluding ortho intramolecular Hbond substituents is 1. The predicted octanol–water partition coefficient (Wildman–Crippen LogP) is 3.42. The van der Waals surface area contributed by atoms with E-state index in [2.05, 4.69) is 4.98 Å². The van der Waals surface area contributed by atoms with Gasteiger partial charge in [0.05, 0.1) is 30.2 Å². The molecule has 1 aliphatic heterocycles. The summed E-state index contributed by atoms with van der Waals surface area (Å²) in [6.45, 7) is 1.69. The molecule has 1 saturated heterocycles. The van der Waals surface area contributed by atoms with Crippen molar-refractivity contribution in [1.29, 1.82) is 0 Å². The first kappa shape index (κ1) is 24.8. The van der Waals surface area contributed by atoms with E-state index in [1.165, 1.54) is 11.9 Å². The summed E-state index contributed by atoms with van der Waals surface area (Å²) < 4.78 is 0. The molecule has 2 aromatic rings. The van der Waals surface area contributed by atoms with Crippen molar-refractivity contribution in [2.45, 2.75) is 38.7 Å². The zero-order valence-corrected chi connectivity index (χ0v) is 20.1. The van der Waals surface area contributed by atoms with Gasteiger partial charge < -0.3 is 15.3 Å². The van der Waals surface area contributed by atoms with E-state index >= 15 is 0 Å². The van der Waals surface area contributed by atoms with Crippen LogP contribution in [0.2, 0.25) is 0 Å². The van der Waals surface area contributed by atoms with Crippen molar-refractivity contribution in [1.82, 2.24) is 9.88 Å². The summed E-state index contributed by atoms with van der Waals surface area (Å²) in [5.74, 6) is -1.95. The van der Waals surface area contributed by atoms with Gasteiger partial charge in [0.15, 0.2) is 0 Å². The molecule has 2 aliphatic rings. The number of aromatic nitrogens is 1. The number of aliphatic hydroxyl groups is 2. The molecule has 1 aromatic heterocycles. The van der Waals surface area contributed by atoms with E-state index in [9.17, 15) is 24.9 Å². The second-order valence-electron chi connectivity index (χ2n) is 9.30. The number of benzene rings is 1.